The monoisotopic (exact) mass is 260 g/mol. The topological polar surface area (TPSA) is 72.2 Å². The third kappa shape index (κ3) is 3.14. The van der Waals surface area contributed by atoms with Crippen LogP contribution >= 0.6 is 0 Å². The van der Waals surface area contributed by atoms with Crippen molar-refractivity contribution in [3.05, 3.63) is 59.4 Å². The molecule has 0 saturated carbocycles. The molecule has 0 aromatic heterocycles. The fourth-order valence-electron chi connectivity index (χ4n) is 1.78. The molecule has 0 fully saturated rings. The number of imide groups is 1. The Labute approximate surface area is 109 Å². The Bertz CT molecular complexity index is 579. The highest BCUT2D eigenvalue weighted by Gasteiger charge is 2.19. The van der Waals surface area contributed by atoms with Crippen molar-refractivity contribution >= 4 is 11.8 Å². The van der Waals surface area contributed by atoms with Crippen LogP contribution in [0.2, 0.25) is 0 Å². The van der Waals surface area contributed by atoms with Gasteiger partial charge in [-0.05, 0) is 24.6 Å². The summed E-state index contributed by atoms with van der Waals surface area (Å²) in [6.07, 6.45) is 5.81. The number of nitrogens with two attached hydrogens (primary N) is 1. The largest absolute Gasteiger partial charge is 0.321 e. The zero-order valence-electron chi connectivity index (χ0n) is 10.1. The third-order valence-corrected chi connectivity index (χ3v) is 2.75. The van der Waals surface area contributed by atoms with Crippen molar-refractivity contribution in [2.24, 2.45) is 5.73 Å². The summed E-state index contributed by atoms with van der Waals surface area (Å²) in [6.45, 7) is 0. The number of rotatable bonds is 2. The van der Waals surface area contributed by atoms with E-state index in [4.69, 9.17) is 5.73 Å². The number of carbonyl (C=O) groups excluding carboxylic acids is 2. The van der Waals surface area contributed by atoms with Crippen molar-refractivity contribution in [3.63, 3.8) is 0 Å². The van der Waals surface area contributed by atoms with Gasteiger partial charge in [0.05, 0.1) is 6.04 Å². The smallest absolute Gasteiger partial charge is 0.258 e. The highest BCUT2D eigenvalue weighted by molar-refractivity contribution is 6.10. The fourth-order valence-corrected chi connectivity index (χ4v) is 1.78. The highest BCUT2D eigenvalue weighted by Crippen LogP contribution is 2.11. The van der Waals surface area contributed by atoms with E-state index < -0.39 is 23.7 Å². The summed E-state index contributed by atoms with van der Waals surface area (Å²) < 4.78 is 13.0. The number of allylic oxidation sites excluding steroid dienone is 2. The summed E-state index contributed by atoms with van der Waals surface area (Å²) in [7, 11) is 0. The van der Waals surface area contributed by atoms with E-state index >= 15 is 0 Å². The normalized spacial score (nSPS) is 17.8. The molecule has 3 N–H and O–H groups in total. The first kappa shape index (κ1) is 13.2. The number of hydrogen-bond acceptors (Lipinski definition) is 3. The minimum Gasteiger partial charge on any atom is -0.321 e. The summed E-state index contributed by atoms with van der Waals surface area (Å²) in [6, 6.07) is 4.61. The van der Waals surface area contributed by atoms with Crippen LogP contribution in [0.1, 0.15) is 16.8 Å². The van der Waals surface area contributed by atoms with Gasteiger partial charge in [0.15, 0.2) is 0 Å². The molecule has 19 heavy (non-hydrogen) atoms. The number of halogens is 1. The number of carbonyl (C=O) groups is 2. The minimum atomic E-state index is -0.646. The first-order valence-corrected chi connectivity index (χ1v) is 5.81. The Kier molecular flexibility index (Phi) is 3.87. The molecule has 2 amide bonds. The number of nitrogens with one attached hydrogen (secondary N) is 1. The van der Waals surface area contributed by atoms with E-state index in [9.17, 15) is 14.0 Å². The van der Waals surface area contributed by atoms with Gasteiger partial charge < -0.3 is 5.73 Å². The molecule has 1 atom stereocenters. The van der Waals surface area contributed by atoms with Crippen molar-refractivity contribution in [2.45, 2.75) is 12.5 Å². The van der Waals surface area contributed by atoms with Crippen LogP contribution in [0.15, 0.2) is 48.1 Å². The summed E-state index contributed by atoms with van der Waals surface area (Å²) in [5.41, 5.74) is 6.16. The number of hydrogen-bond donors (Lipinski definition) is 2. The molecule has 1 aliphatic rings. The quantitative estimate of drug-likeness (QED) is 0.622. The molecule has 0 heterocycles. The van der Waals surface area contributed by atoms with Gasteiger partial charge in [0, 0.05) is 11.1 Å². The lowest BCUT2D eigenvalue weighted by molar-refractivity contribution is -0.116. The second kappa shape index (κ2) is 5.58. The van der Waals surface area contributed by atoms with Crippen LogP contribution in [0.5, 0.6) is 0 Å². The second-order valence-electron chi connectivity index (χ2n) is 4.14. The van der Waals surface area contributed by atoms with E-state index in [2.05, 4.69) is 5.32 Å². The summed E-state index contributed by atoms with van der Waals surface area (Å²) in [5, 5.41) is 2.20. The Morgan fingerprint density at radius 2 is 2.11 bits per heavy atom. The molecular weight excluding hydrogens is 247 g/mol. The van der Waals surface area contributed by atoms with Crippen LogP contribution in [0, 0.1) is 5.82 Å². The molecule has 98 valence electrons. The SMILES string of the molecule is NC1C=CCC=C1C(=O)NC(=O)c1cccc(F)c1. The summed E-state index contributed by atoms with van der Waals surface area (Å²) in [4.78, 5) is 23.6. The molecule has 4 nitrogen and oxygen atoms in total. The van der Waals surface area contributed by atoms with Gasteiger partial charge >= 0.3 is 0 Å². The standard InChI is InChI=1S/C14H13FN2O2/c15-10-5-3-4-9(8-10)13(18)17-14(19)11-6-1-2-7-12(11)16/h2-8,12H,1,16H2,(H,17,18,19). The molecule has 1 unspecified atom stereocenters. The van der Waals surface area contributed by atoms with Crippen LogP contribution in [0.3, 0.4) is 0 Å². The Morgan fingerprint density at radius 3 is 2.79 bits per heavy atom. The maximum atomic E-state index is 13.0. The number of amides is 2. The average Bonchev–Trinajstić information content (AvgIpc) is 2.39. The van der Waals surface area contributed by atoms with E-state index in [1.165, 1.54) is 18.2 Å². The zero-order valence-corrected chi connectivity index (χ0v) is 10.1. The molecule has 0 saturated heterocycles. The molecule has 1 aromatic carbocycles. The molecular formula is C14H13FN2O2. The van der Waals surface area contributed by atoms with Crippen LogP contribution in [-0.4, -0.2) is 17.9 Å². The molecule has 2 rings (SSSR count). The summed E-state index contributed by atoms with van der Waals surface area (Å²) in [5.74, 6) is -1.73. The van der Waals surface area contributed by atoms with Crippen molar-refractivity contribution in [2.75, 3.05) is 0 Å². The van der Waals surface area contributed by atoms with E-state index in [0.717, 1.165) is 6.07 Å². The molecule has 0 spiro atoms. The fraction of sp³-hybridized carbons (Fsp3) is 0.143. The van der Waals surface area contributed by atoms with Gasteiger partial charge in [0.1, 0.15) is 5.82 Å². The van der Waals surface area contributed by atoms with Crippen LogP contribution in [0.25, 0.3) is 0 Å². The van der Waals surface area contributed by atoms with Crippen molar-refractivity contribution < 1.29 is 14.0 Å². The van der Waals surface area contributed by atoms with Gasteiger partial charge in [0.25, 0.3) is 11.8 Å². The Hall–Kier alpha value is -2.27. The highest BCUT2D eigenvalue weighted by atomic mass is 19.1. The van der Waals surface area contributed by atoms with Gasteiger partial charge in [-0.2, -0.15) is 0 Å². The van der Waals surface area contributed by atoms with E-state index in [1.54, 1.807) is 12.2 Å². The van der Waals surface area contributed by atoms with Crippen LogP contribution < -0.4 is 11.1 Å². The first-order valence-electron chi connectivity index (χ1n) is 5.81. The maximum Gasteiger partial charge on any atom is 0.258 e. The molecule has 5 heteroatoms. The van der Waals surface area contributed by atoms with E-state index in [0.29, 0.717) is 12.0 Å². The van der Waals surface area contributed by atoms with Crippen LogP contribution in [-0.2, 0) is 4.79 Å². The van der Waals surface area contributed by atoms with Crippen LogP contribution in [0.4, 0.5) is 4.39 Å². The molecule has 1 aromatic rings. The van der Waals surface area contributed by atoms with Gasteiger partial charge in [0.2, 0.25) is 0 Å². The lowest BCUT2D eigenvalue weighted by Crippen LogP contribution is -2.37. The minimum absolute atomic E-state index is 0.0915. The number of benzene rings is 1. The Balaban J connectivity index is 2.07. The predicted octanol–water partition coefficient (Wildman–Crippen LogP) is 1.30. The lowest BCUT2D eigenvalue weighted by atomic mass is 10.0. The second-order valence-corrected chi connectivity index (χ2v) is 4.14. The van der Waals surface area contributed by atoms with Crippen molar-refractivity contribution in [1.82, 2.24) is 5.32 Å². The zero-order chi connectivity index (χ0) is 13.8. The maximum absolute atomic E-state index is 13.0. The van der Waals surface area contributed by atoms with Gasteiger partial charge in [-0.3, -0.25) is 14.9 Å². The van der Waals surface area contributed by atoms with Crippen molar-refractivity contribution in [1.29, 1.82) is 0 Å². The molecule has 0 bridgehead atoms. The first-order chi connectivity index (χ1) is 9.08. The summed E-state index contributed by atoms with van der Waals surface area (Å²) >= 11 is 0. The third-order valence-electron chi connectivity index (χ3n) is 2.75. The van der Waals surface area contributed by atoms with E-state index in [-0.39, 0.29) is 5.56 Å². The predicted molar refractivity (Wildman–Crippen MR) is 68.7 cm³/mol. The van der Waals surface area contributed by atoms with Crippen molar-refractivity contribution in [3.8, 4) is 0 Å². The van der Waals surface area contributed by atoms with Gasteiger partial charge in [-0.25, -0.2) is 4.39 Å². The average molecular weight is 260 g/mol. The lowest BCUT2D eigenvalue weighted by Gasteiger charge is -2.14. The molecule has 1 aliphatic carbocycles. The molecule has 0 aliphatic heterocycles. The van der Waals surface area contributed by atoms with E-state index in [1.807, 2.05) is 6.08 Å². The van der Waals surface area contributed by atoms with Gasteiger partial charge in [-0.1, -0.05) is 24.3 Å². The molecule has 0 radical (unpaired) electrons. The van der Waals surface area contributed by atoms with Gasteiger partial charge in [-0.15, -0.1) is 0 Å². The Morgan fingerprint density at radius 1 is 1.32 bits per heavy atom.